The summed E-state index contributed by atoms with van der Waals surface area (Å²) < 4.78 is 0. The van der Waals surface area contributed by atoms with Gasteiger partial charge in [0.25, 0.3) is 0 Å². The van der Waals surface area contributed by atoms with Gasteiger partial charge >= 0.3 is 5.97 Å². The van der Waals surface area contributed by atoms with Crippen LogP contribution in [-0.2, 0) is 0 Å². The van der Waals surface area contributed by atoms with Crippen molar-refractivity contribution in [3.8, 4) is 11.3 Å². The van der Waals surface area contributed by atoms with Crippen LogP contribution in [0.15, 0.2) is 36.7 Å². The normalized spacial score (nSPS) is 14.5. The highest BCUT2D eigenvalue weighted by atomic mass is 16.4. The Kier molecular flexibility index (Phi) is 3.33. The van der Waals surface area contributed by atoms with Crippen LogP contribution < -0.4 is 4.90 Å². The van der Waals surface area contributed by atoms with Gasteiger partial charge in [-0.2, -0.15) is 0 Å². The Bertz CT molecular complexity index is 619. The van der Waals surface area contributed by atoms with Crippen LogP contribution in [0.2, 0.25) is 0 Å². The molecule has 0 bridgehead atoms. The van der Waals surface area contributed by atoms with E-state index in [1.54, 1.807) is 36.7 Å². The summed E-state index contributed by atoms with van der Waals surface area (Å²) in [5, 5.41) is 8.90. The zero-order chi connectivity index (χ0) is 13.9. The highest BCUT2D eigenvalue weighted by Gasteiger charge is 2.14. The Hall–Kier alpha value is -2.43. The van der Waals surface area contributed by atoms with Crippen LogP contribution in [0.4, 0.5) is 5.82 Å². The Morgan fingerprint density at radius 2 is 1.80 bits per heavy atom. The fourth-order valence-electron chi connectivity index (χ4n) is 2.38. The number of hydrogen-bond acceptors (Lipinski definition) is 4. The molecule has 0 spiro atoms. The molecule has 2 aromatic rings. The van der Waals surface area contributed by atoms with Crippen LogP contribution >= 0.6 is 0 Å². The third-order valence-electron chi connectivity index (χ3n) is 3.48. The predicted molar refractivity (Wildman–Crippen MR) is 75.9 cm³/mol. The van der Waals surface area contributed by atoms with Crippen molar-refractivity contribution < 1.29 is 9.90 Å². The van der Waals surface area contributed by atoms with E-state index in [2.05, 4.69) is 14.9 Å². The van der Waals surface area contributed by atoms with Gasteiger partial charge < -0.3 is 10.0 Å². The molecule has 1 aromatic carbocycles. The van der Waals surface area contributed by atoms with Crippen LogP contribution in [0.1, 0.15) is 23.2 Å². The molecule has 1 N–H and O–H groups in total. The van der Waals surface area contributed by atoms with Gasteiger partial charge in [-0.3, -0.25) is 4.98 Å². The fraction of sp³-hybridized carbons (Fsp3) is 0.267. The standard InChI is InChI=1S/C15H15N3O2/c19-15(20)12-5-3-11(4-6-12)13-9-16-10-14(17-13)18-7-1-2-8-18/h3-6,9-10H,1-2,7-8H2,(H,19,20). The lowest BCUT2D eigenvalue weighted by Crippen LogP contribution is -2.19. The van der Waals surface area contributed by atoms with Crippen molar-refractivity contribution in [2.45, 2.75) is 12.8 Å². The molecule has 1 aliphatic rings. The predicted octanol–water partition coefficient (Wildman–Crippen LogP) is 2.44. The molecule has 0 atom stereocenters. The molecule has 5 nitrogen and oxygen atoms in total. The van der Waals surface area contributed by atoms with E-state index in [1.165, 1.54) is 12.8 Å². The third kappa shape index (κ3) is 2.47. The highest BCUT2D eigenvalue weighted by Crippen LogP contribution is 2.22. The summed E-state index contributed by atoms with van der Waals surface area (Å²) in [6.45, 7) is 2.05. The van der Waals surface area contributed by atoms with Gasteiger partial charge in [0.15, 0.2) is 0 Å². The number of aromatic nitrogens is 2. The first-order valence-electron chi connectivity index (χ1n) is 6.65. The molecule has 2 heterocycles. The van der Waals surface area contributed by atoms with Crippen LogP contribution in [0.3, 0.4) is 0 Å². The second kappa shape index (κ2) is 5.28. The maximum atomic E-state index is 10.8. The molecule has 102 valence electrons. The lowest BCUT2D eigenvalue weighted by molar-refractivity contribution is 0.0697. The topological polar surface area (TPSA) is 66.3 Å². The van der Waals surface area contributed by atoms with Crippen molar-refractivity contribution in [1.82, 2.24) is 9.97 Å². The van der Waals surface area contributed by atoms with E-state index in [0.29, 0.717) is 0 Å². The summed E-state index contributed by atoms with van der Waals surface area (Å²) in [6, 6.07) is 6.70. The fourth-order valence-corrected chi connectivity index (χ4v) is 2.38. The van der Waals surface area contributed by atoms with Gasteiger partial charge in [-0.1, -0.05) is 12.1 Å². The van der Waals surface area contributed by atoms with E-state index in [1.807, 2.05) is 0 Å². The van der Waals surface area contributed by atoms with Crippen molar-refractivity contribution in [3.05, 3.63) is 42.2 Å². The molecule has 0 aliphatic carbocycles. The Morgan fingerprint density at radius 1 is 1.10 bits per heavy atom. The summed E-state index contributed by atoms with van der Waals surface area (Å²) in [7, 11) is 0. The summed E-state index contributed by atoms with van der Waals surface area (Å²) in [5.41, 5.74) is 1.92. The monoisotopic (exact) mass is 269 g/mol. The number of carboxylic acids is 1. The number of nitrogens with zero attached hydrogens (tertiary/aromatic N) is 3. The third-order valence-corrected chi connectivity index (χ3v) is 3.48. The molecule has 20 heavy (non-hydrogen) atoms. The smallest absolute Gasteiger partial charge is 0.335 e. The van der Waals surface area contributed by atoms with Gasteiger partial charge in [0.1, 0.15) is 5.82 Å². The second-order valence-electron chi connectivity index (χ2n) is 4.84. The second-order valence-corrected chi connectivity index (χ2v) is 4.84. The molecule has 0 unspecified atom stereocenters. The molecular weight excluding hydrogens is 254 g/mol. The summed E-state index contributed by atoms with van der Waals surface area (Å²) in [5.74, 6) is -0.0317. The Labute approximate surface area is 116 Å². The lowest BCUT2D eigenvalue weighted by atomic mass is 10.1. The number of rotatable bonds is 3. The molecule has 1 saturated heterocycles. The number of carbonyl (C=O) groups is 1. The molecule has 5 heteroatoms. The van der Waals surface area contributed by atoms with Crippen molar-refractivity contribution >= 4 is 11.8 Å². The number of carboxylic acid groups (broad SMARTS) is 1. The molecule has 1 aromatic heterocycles. The minimum absolute atomic E-state index is 0.275. The minimum atomic E-state index is -0.923. The lowest BCUT2D eigenvalue weighted by Gasteiger charge is -2.16. The average Bonchev–Trinajstić information content (AvgIpc) is 3.02. The van der Waals surface area contributed by atoms with Gasteiger partial charge in [0, 0.05) is 18.7 Å². The zero-order valence-electron chi connectivity index (χ0n) is 11.0. The molecule has 3 rings (SSSR count). The van der Waals surface area contributed by atoms with Gasteiger partial charge in [0.2, 0.25) is 0 Å². The number of anilines is 1. The van der Waals surface area contributed by atoms with Crippen LogP contribution in [0, 0.1) is 0 Å². The highest BCUT2D eigenvalue weighted by molar-refractivity contribution is 5.88. The first kappa shape index (κ1) is 12.6. The first-order valence-corrected chi connectivity index (χ1v) is 6.65. The van der Waals surface area contributed by atoms with Crippen molar-refractivity contribution in [2.75, 3.05) is 18.0 Å². The van der Waals surface area contributed by atoms with E-state index in [9.17, 15) is 4.79 Å². The quantitative estimate of drug-likeness (QED) is 0.927. The Balaban J connectivity index is 1.89. The SMILES string of the molecule is O=C(O)c1ccc(-c2cncc(N3CCCC3)n2)cc1. The maximum Gasteiger partial charge on any atom is 0.335 e. The molecule has 0 radical (unpaired) electrons. The van der Waals surface area contributed by atoms with Crippen molar-refractivity contribution in [2.24, 2.45) is 0 Å². The van der Waals surface area contributed by atoms with Crippen LogP contribution in [0.5, 0.6) is 0 Å². The van der Waals surface area contributed by atoms with E-state index < -0.39 is 5.97 Å². The molecule has 1 aliphatic heterocycles. The zero-order valence-corrected chi connectivity index (χ0v) is 11.0. The van der Waals surface area contributed by atoms with Gasteiger partial charge in [-0.05, 0) is 25.0 Å². The summed E-state index contributed by atoms with van der Waals surface area (Å²) in [6.07, 6.45) is 5.87. The van der Waals surface area contributed by atoms with Crippen LogP contribution in [-0.4, -0.2) is 34.1 Å². The van der Waals surface area contributed by atoms with Gasteiger partial charge in [0.05, 0.1) is 23.7 Å². The number of hydrogen-bond donors (Lipinski definition) is 1. The Morgan fingerprint density at radius 3 is 2.45 bits per heavy atom. The van der Waals surface area contributed by atoms with E-state index >= 15 is 0 Å². The average molecular weight is 269 g/mol. The van der Waals surface area contributed by atoms with E-state index in [4.69, 9.17) is 5.11 Å². The first-order chi connectivity index (χ1) is 9.74. The van der Waals surface area contributed by atoms with Gasteiger partial charge in [-0.25, -0.2) is 9.78 Å². The number of benzene rings is 1. The molecule has 0 saturated carbocycles. The largest absolute Gasteiger partial charge is 0.478 e. The van der Waals surface area contributed by atoms with Crippen LogP contribution in [0.25, 0.3) is 11.3 Å². The van der Waals surface area contributed by atoms with E-state index in [-0.39, 0.29) is 5.56 Å². The number of aromatic carboxylic acids is 1. The van der Waals surface area contributed by atoms with Gasteiger partial charge in [-0.15, -0.1) is 0 Å². The molecule has 1 fully saturated rings. The summed E-state index contributed by atoms with van der Waals surface area (Å²) >= 11 is 0. The van der Waals surface area contributed by atoms with E-state index in [0.717, 1.165) is 30.2 Å². The molecule has 0 amide bonds. The summed E-state index contributed by atoms with van der Waals surface area (Å²) in [4.78, 5) is 21.9. The van der Waals surface area contributed by atoms with Crippen molar-refractivity contribution in [1.29, 1.82) is 0 Å². The maximum absolute atomic E-state index is 10.8. The minimum Gasteiger partial charge on any atom is -0.478 e. The van der Waals surface area contributed by atoms with Crippen molar-refractivity contribution in [3.63, 3.8) is 0 Å². The molecular formula is C15H15N3O2.